The number of hydrogen-bond donors (Lipinski definition) is 1. The minimum Gasteiger partial charge on any atom is -0.342 e. The molecule has 1 N–H and O–H groups in total. The molecule has 3 saturated heterocycles. The van der Waals surface area contributed by atoms with Gasteiger partial charge in [-0.25, -0.2) is 4.79 Å². The number of amides is 3. The van der Waals surface area contributed by atoms with Crippen LogP contribution in [0.3, 0.4) is 0 Å². The molecule has 0 aliphatic carbocycles. The van der Waals surface area contributed by atoms with Crippen LogP contribution in [0, 0.1) is 11.8 Å². The number of likely N-dealkylation sites (tertiary alicyclic amines) is 3. The number of carbonyl (C=O) groups excluding carboxylic acids is 2. The molecule has 3 heterocycles. The lowest BCUT2D eigenvalue weighted by Crippen LogP contribution is -2.52. The molecule has 6 heteroatoms. The monoisotopic (exact) mass is 468 g/mol. The molecular formula is C28H44N4O2. The Balaban J connectivity index is 1.14. The Kier molecular flexibility index (Phi) is 9.25. The van der Waals surface area contributed by atoms with Gasteiger partial charge in [-0.15, -0.1) is 0 Å². The van der Waals surface area contributed by atoms with Crippen LogP contribution in [0.4, 0.5) is 4.79 Å². The average Bonchev–Trinajstić information content (AvgIpc) is 2.90. The van der Waals surface area contributed by atoms with Crippen molar-refractivity contribution >= 4 is 11.9 Å². The zero-order valence-electron chi connectivity index (χ0n) is 21.1. The summed E-state index contributed by atoms with van der Waals surface area (Å²) in [6.45, 7) is 8.51. The molecule has 0 spiro atoms. The van der Waals surface area contributed by atoms with E-state index in [1.54, 1.807) is 0 Å². The lowest BCUT2D eigenvalue weighted by molar-refractivity contribution is -0.138. The van der Waals surface area contributed by atoms with Crippen LogP contribution in [0.15, 0.2) is 30.3 Å². The van der Waals surface area contributed by atoms with Crippen LogP contribution in [-0.4, -0.2) is 78.5 Å². The van der Waals surface area contributed by atoms with Gasteiger partial charge in [0, 0.05) is 44.7 Å². The molecule has 3 fully saturated rings. The van der Waals surface area contributed by atoms with Gasteiger partial charge in [0.15, 0.2) is 0 Å². The number of nitrogens with zero attached hydrogens (tertiary/aromatic N) is 3. The molecule has 0 radical (unpaired) electrons. The third-order valence-corrected chi connectivity index (χ3v) is 8.25. The molecule has 0 bridgehead atoms. The van der Waals surface area contributed by atoms with Gasteiger partial charge in [0.1, 0.15) is 0 Å². The topological polar surface area (TPSA) is 55.9 Å². The van der Waals surface area contributed by atoms with Crippen LogP contribution in [-0.2, 0) is 11.2 Å². The highest BCUT2D eigenvalue weighted by Gasteiger charge is 2.34. The molecule has 0 saturated carbocycles. The van der Waals surface area contributed by atoms with Crippen LogP contribution in [0.25, 0.3) is 0 Å². The van der Waals surface area contributed by atoms with Crippen LogP contribution >= 0.6 is 0 Å². The van der Waals surface area contributed by atoms with Crippen molar-refractivity contribution < 1.29 is 9.59 Å². The smallest absolute Gasteiger partial charge is 0.317 e. The van der Waals surface area contributed by atoms with Crippen molar-refractivity contribution in [3.05, 3.63) is 35.9 Å². The fourth-order valence-corrected chi connectivity index (χ4v) is 5.99. The third-order valence-electron chi connectivity index (χ3n) is 8.25. The molecule has 188 valence electrons. The molecule has 3 aliphatic rings. The Bertz CT molecular complexity index is 762. The largest absolute Gasteiger partial charge is 0.342 e. The maximum Gasteiger partial charge on any atom is 0.317 e. The van der Waals surface area contributed by atoms with Crippen LogP contribution < -0.4 is 5.32 Å². The zero-order valence-corrected chi connectivity index (χ0v) is 21.1. The SMILES string of the molecule is CCCCNC(=O)N1CCC(N2CCC(C(=O)N3CCC(Cc4ccccc4)CC3)CC2)CC1. The summed E-state index contributed by atoms with van der Waals surface area (Å²) in [6, 6.07) is 11.4. The summed E-state index contributed by atoms with van der Waals surface area (Å²) in [6.07, 6.45) is 9.62. The molecule has 0 unspecified atom stereocenters. The minimum absolute atomic E-state index is 0.101. The molecule has 0 aromatic heterocycles. The van der Waals surface area contributed by atoms with Crippen molar-refractivity contribution in [2.75, 3.05) is 45.8 Å². The second kappa shape index (κ2) is 12.6. The highest BCUT2D eigenvalue weighted by atomic mass is 16.2. The second-order valence-corrected chi connectivity index (χ2v) is 10.6. The first-order valence-corrected chi connectivity index (χ1v) is 13.7. The summed E-state index contributed by atoms with van der Waals surface area (Å²) in [5.74, 6) is 1.30. The first-order valence-electron chi connectivity index (χ1n) is 13.7. The van der Waals surface area contributed by atoms with E-state index < -0.39 is 0 Å². The van der Waals surface area contributed by atoms with Gasteiger partial charge in [0.2, 0.25) is 5.91 Å². The maximum absolute atomic E-state index is 13.2. The maximum atomic E-state index is 13.2. The number of hydrogen-bond acceptors (Lipinski definition) is 3. The minimum atomic E-state index is 0.101. The van der Waals surface area contributed by atoms with E-state index >= 15 is 0 Å². The Labute approximate surface area is 206 Å². The molecule has 6 nitrogen and oxygen atoms in total. The van der Waals surface area contributed by atoms with Gasteiger partial charge in [-0.05, 0) is 75.9 Å². The number of benzene rings is 1. The number of piperidine rings is 3. The Morgan fingerprint density at radius 1 is 0.853 bits per heavy atom. The summed E-state index contributed by atoms with van der Waals surface area (Å²) in [7, 11) is 0. The van der Waals surface area contributed by atoms with E-state index in [4.69, 9.17) is 0 Å². The fraction of sp³-hybridized carbons (Fsp3) is 0.714. The lowest BCUT2D eigenvalue weighted by Gasteiger charge is -2.42. The summed E-state index contributed by atoms with van der Waals surface area (Å²) >= 11 is 0. The van der Waals surface area contributed by atoms with E-state index in [1.165, 1.54) is 5.56 Å². The quantitative estimate of drug-likeness (QED) is 0.612. The number of carbonyl (C=O) groups is 2. The van der Waals surface area contributed by atoms with Gasteiger partial charge < -0.3 is 20.0 Å². The number of nitrogens with one attached hydrogen (secondary N) is 1. The lowest BCUT2D eigenvalue weighted by atomic mass is 9.88. The van der Waals surface area contributed by atoms with Crippen molar-refractivity contribution in [3.8, 4) is 0 Å². The molecule has 0 atom stereocenters. The number of rotatable bonds is 7. The van der Waals surface area contributed by atoms with Gasteiger partial charge in [-0.2, -0.15) is 0 Å². The summed E-state index contributed by atoms with van der Waals surface area (Å²) in [5.41, 5.74) is 1.42. The van der Waals surface area contributed by atoms with E-state index in [1.807, 2.05) is 4.90 Å². The highest BCUT2D eigenvalue weighted by molar-refractivity contribution is 5.79. The van der Waals surface area contributed by atoms with Crippen LogP contribution in [0.2, 0.25) is 0 Å². The normalized spacial score (nSPS) is 21.6. The second-order valence-electron chi connectivity index (χ2n) is 10.6. The van der Waals surface area contributed by atoms with E-state index in [-0.39, 0.29) is 11.9 Å². The first kappa shape index (κ1) is 25.0. The van der Waals surface area contributed by atoms with E-state index in [9.17, 15) is 9.59 Å². The van der Waals surface area contributed by atoms with E-state index in [0.717, 1.165) is 104 Å². The van der Waals surface area contributed by atoms with Crippen LogP contribution in [0.5, 0.6) is 0 Å². The van der Waals surface area contributed by atoms with E-state index in [2.05, 4.69) is 52.4 Å². The fourth-order valence-electron chi connectivity index (χ4n) is 5.99. The van der Waals surface area contributed by atoms with Gasteiger partial charge in [0.05, 0.1) is 0 Å². The summed E-state index contributed by atoms with van der Waals surface area (Å²) in [5, 5.41) is 3.04. The van der Waals surface area contributed by atoms with Gasteiger partial charge >= 0.3 is 6.03 Å². The predicted octanol–water partition coefficient (Wildman–Crippen LogP) is 4.15. The molecule has 1 aromatic carbocycles. The van der Waals surface area contributed by atoms with Gasteiger partial charge in [-0.1, -0.05) is 43.7 Å². The number of unbranched alkanes of at least 4 members (excludes halogenated alkanes) is 1. The van der Waals surface area contributed by atoms with Gasteiger partial charge in [0.25, 0.3) is 0 Å². The van der Waals surface area contributed by atoms with Crippen molar-refractivity contribution in [1.82, 2.24) is 20.0 Å². The highest BCUT2D eigenvalue weighted by Crippen LogP contribution is 2.28. The van der Waals surface area contributed by atoms with Crippen molar-refractivity contribution in [1.29, 1.82) is 0 Å². The molecule has 3 amide bonds. The third kappa shape index (κ3) is 6.74. The summed E-state index contributed by atoms with van der Waals surface area (Å²) in [4.78, 5) is 32.2. The molecule has 4 rings (SSSR count). The Morgan fingerprint density at radius 3 is 2.15 bits per heavy atom. The standard InChI is InChI=1S/C28H44N4O2/c1-2-3-15-29-28(34)32-20-13-26(14-21-32)30-18-11-25(12-19-30)27(33)31-16-9-24(10-17-31)22-23-7-5-4-6-8-23/h4-8,24-26H,2-3,9-22H2,1H3,(H,29,34). The van der Waals surface area contributed by atoms with Crippen molar-refractivity contribution in [2.24, 2.45) is 11.8 Å². The molecule has 34 heavy (non-hydrogen) atoms. The summed E-state index contributed by atoms with van der Waals surface area (Å²) < 4.78 is 0. The van der Waals surface area contributed by atoms with Crippen molar-refractivity contribution in [3.63, 3.8) is 0 Å². The average molecular weight is 469 g/mol. The van der Waals surface area contributed by atoms with E-state index in [0.29, 0.717) is 17.9 Å². The molecular weight excluding hydrogens is 424 g/mol. The van der Waals surface area contributed by atoms with Gasteiger partial charge in [-0.3, -0.25) is 4.79 Å². The Hall–Kier alpha value is -2.08. The Morgan fingerprint density at radius 2 is 1.50 bits per heavy atom. The number of urea groups is 1. The van der Waals surface area contributed by atoms with Crippen LogP contribution in [0.1, 0.15) is 63.9 Å². The predicted molar refractivity (Wildman–Crippen MR) is 137 cm³/mol. The zero-order chi connectivity index (χ0) is 23.8. The molecule has 1 aromatic rings. The molecule has 3 aliphatic heterocycles. The van der Waals surface area contributed by atoms with Crippen molar-refractivity contribution in [2.45, 2.75) is 70.8 Å². The first-order chi connectivity index (χ1) is 16.6.